The van der Waals surface area contributed by atoms with Gasteiger partial charge in [0.05, 0.1) is 5.56 Å². The van der Waals surface area contributed by atoms with Crippen LogP contribution in [0.3, 0.4) is 0 Å². The number of halogens is 2. The zero-order valence-corrected chi connectivity index (χ0v) is 14.0. The molecule has 2 aromatic rings. The SMILES string of the molecule is NC(=O)C(NC(=O)c1ccccc1Br)c1ccccc1Br. The molecule has 3 N–H and O–H groups in total. The van der Waals surface area contributed by atoms with Gasteiger partial charge < -0.3 is 11.1 Å². The monoisotopic (exact) mass is 410 g/mol. The van der Waals surface area contributed by atoms with Gasteiger partial charge in [-0.05, 0) is 39.7 Å². The number of rotatable bonds is 4. The topological polar surface area (TPSA) is 72.2 Å². The van der Waals surface area contributed by atoms with Crippen LogP contribution >= 0.6 is 31.9 Å². The maximum atomic E-state index is 12.3. The van der Waals surface area contributed by atoms with E-state index in [9.17, 15) is 9.59 Å². The van der Waals surface area contributed by atoms with Crippen molar-refractivity contribution in [1.29, 1.82) is 0 Å². The number of hydrogen-bond acceptors (Lipinski definition) is 2. The van der Waals surface area contributed by atoms with E-state index in [1.54, 1.807) is 42.5 Å². The number of primary amides is 1. The minimum atomic E-state index is -0.903. The molecule has 0 bridgehead atoms. The normalized spacial score (nSPS) is 11.7. The van der Waals surface area contributed by atoms with Crippen LogP contribution in [0.25, 0.3) is 0 Å². The van der Waals surface area contributed by atoms with Crippen molar-refractivity contribution < 1.29 is 9.59 Å². The molecule has 0 aromatic heterocycles. The van der Waals surface area contributed by atoms with Gasteiger partial charge in [-0.3, -0.25) is 9.59 Å². The van der Waals surface area contributed by atoms with Gasteiger partial charge in [0.15, 0.2) is 0 Å². The van der Waals surface area contributed by atoms with Gasteiger partial charge in [0, 0.05) is 8.95 Å². The predicted molar refractivity (Wildman–Crippen MR) is 87.7 cm³/mol. The molecular formula is C15H12Br2N2O2. The largest absolute Gasteiger partial charge is 0.368 e. The summed E-state index contributed by atoms with van der Waals surface area (Å²) in [4.78, 5) is 24.0. The van der Waals surface area contributed by atoms with Crippen LogP contribution in [0.4, 0.5) is 0 Å². The first kappa shape index (κ1) is 15.7. The first-order chi connectivity index (χ1) is 10.0. The van der Waals surface area contributed by atoms with Crippen molar-refractivity contribution in [2.75, 3.05) is 0 Å². The van der Waals surface area contributed by atoms with Gasteiger partial charge in [-0.1, -0.05) is 46.3 Å². The summed E-state index contributed by atoms with van der Waals surface area (Å²) in [5, 5.41) is 2.66. The van der Waals surface area contributed by atoms with Crippen molar-refractivity contribution in [3.8, 4) is 0 Å². The molecule has 0 saturated carbocycles. The predicted octanol–water partition coefficient (Wildman–Crippen LogP) is 3.17. The quantitative estimate of drug-likeness (QED) is 0.810. The number of nitrogens with two attached hydrogens (primary N) is 1. The first-order valence-electron chi connectivity index (χ1n) is 6.10. The van der Waals surface area contributed by atoms with Gasteiger partial charge in [0.2, 0.25) is 5.91 Å². The molecule has 1 unspecified atom stereocenters. The van der Waals surface area contributed by atoms with E-state index in [0.717, 1.165) is 0 Å². The minimum absolute atomic E-state index is 0.373. The highest BCUT2D eigenvalue weighted by Crippen LogP contribution is 2.24. The highest BCUT2D eigenvalue weighted by molar-refractivity contribution is 9.10. The highest BCUT2D eigenvalue weighted by Gasteiger charge is 2.23. The summed E-state index contributed by atoms with van der Waals surface area (Å²) in [7, 11) is 0. The molecule has 6 heteroatoms. The lowest BCUT2D eigenvalue weighted by molar-refractivity contribution is -0.120. The Labute approximate surface area is 139 Å². The molecule has 2 rings (SSSR count). The van der Waals surface area contributed by atoms with Crippen molar-refractivity contribution in [2.24, 2.45) is 5.73 Å². The Hall–Kier alpha value is -1.66. The minimum Gasteiger partial charge on any atom is -0.368 e. The van der Waals surface area contributed by atoms with Crippen molar-refractivity contribution in [3.05, 3.63) is 68.6 Å². The average molecular weight is 412 g/mol. The Balaban J connectivity index is 2.30. The van der Waals surface area contributed by atoms with E-state index in [4.69, 9.17) is 5.73 Å². The Morgan fingerprint density at radius 2 is 1.52 bits per heavy atom. The average Bonchev–Trinajstić information content (AvgIpc) is 2.45. The molecule has 0 fully saturated rings. The Bertz CT molecular complexity index is 689. The summed E-state index contributed by atoms with van der Waals surface area (Å²) in [6.45, 7) is 0. The smallest absolute Gasteiger partial charge is 0.253 e. The molecular weight excluding hydrogens is 400 g/mol. The lowest BCUT2D eigenvalue weighted by Gasteiger charge is -2.17. The summed E-state index contributed by atoms with van der Waals surface area (Å²) >= 11 is 6.67. The second kappa shape index (κ2) is 6.87. The molecule has 1 atom stereocenters. The third-order valence-corrected chi connectivity index (χ3v) is 4.31. The second-order valence-corrected chi connectivity index (χ2v) is 6.02. The second-order valence-electron chi connectivity index (χ2n) is 4.31. The zero-order valence-electron chi connectivity index (χ0n) is 10.8. The van der Waals surface area contributed by atoms with Crippen LogP contribution in [-0.4, -0.2) is 11.8 Å². The molecule has 0 heterocycles. The van der Waals surface area contributed by atoms with Crippen LogP contribution in [0.15, 0.2) is 57.5 Å². The Morgan fingerprint density at radius 1 is 0.952 bits per heavy atom. The third kappa shape index (κ3) is 3.71. The van der Waals surface area contributed by atoms with E-state index in [2.05, 4.69) is 37.2 Å². The van der Waals surface area contributed by atoms with E-state index < -0.39 is 11.9 Å². The van der Waals surface area contributed by atoms with Crippen LogP contribution in [0.2, 0.25) is 0 Å². The molecule has 2 amide bonds. The van der Waals surface area contributed by atoms with Crippen LogP contribution in [0.1, 0.15) is 22.0 Å². The molecule has 0 spiro atoms. The molecule has 4 nitrogen and oxygen atoms in total. The van der Waals surface area contributed by atoms with Crippen LogP contribution < -0.4 is 11.1 Å². The molecule has 0 aliphatic carbocycles. The van der Waals surface area contributed by atoms with E-state index in [1.807, 2.05) is 6.07 Å². The molecule has 108 valence electrons. The van der Waals surface area contributed by atoms with Crippen molar-refractivity contribution in [2.45, 2.75) is 6.04 Å². The highest BCUT2D eigenvalue weighted by atomic mass is 79.9. The number of carbonyl (C=O) groups excluding carboxylic acids is 2. The van der Waals surface area contributed by atoms with Gasteiger partial charge in [0.1, 0.15) is 6.04 Å². The van der Waals surface area contributed by atoms with E-state index in [0.29, 0.717) is 20.1 Å². The van der Waals surface area contributed by atoms with E-state index in [-0.39, 0.29) is 5.91 Å². The molecule has 0 aliphatic heterocycles. The third-order valence-electron chi connectivity index (χ3n) is 2.89. The Kier molecular flexibility index (Phi) is 5.14. The van der Waals surface area contributed by atoms with Gasteiger partial charge in [-0.25, -0.2) is 0 Å². The van der Waals surface area contributed by atoms with Crippen LogP contribution in [0, 0.1) is 0 Å². The van der Waals surface area contributed by atoms with Crippen LogP contribution in [0.5, 0.6) is 0 Å². The lowest BCUT2D eigenvalue weighted by Crippen LogP contribution is -2.37. The zero-order chi connectivity index (χ0) is 15.4. The fourth-order valence-electron chi connectivity index (χ4n) is 1.87. The molecule has 21 heavy (non-hydrogen) atoms. The van der Waals surface area contributed by atoms with Gasteiger partial charge >= 0.3 is 0 Å². The van der Waals surface area contributed by atoms with Crippen LogP contribution in [-0.2, 0) is 4.79 Å². The first-order valence-corrected chi connectivity index (χ1v) is 7.68. The molecule has 0 saturated heterocycles. The summed E-state index contributed by atoms with van der Waals surface area (Å²) in [5.74, 6) is -0.996. The molecule has 0 aliphatic rings. The summed E-state index contributed by atoms with van der Waals surface area (Å²) < 4.78 is 1.36. The van der Waals surface area contributed by atoms with Crippen molar-refractivity contribution in [3.63, 3.8) is 0 Å². The summed E-state index contributed by atoms with van der Waals surface area (Å²) in [6, 6.07) is 13.2. The van der Waals surface area contributed by atoms with Gasteiger partial charge in [-0.2, -0.15) is 0 Å². The fraction of sp³-hybridized carbons (Fsp3) is 0.0667. The maximum absolute atomic E-state index is 12.3. The lowest BCUT2D eigenvalue weighted by atomic mass is 10.1. The van der Waals surface area contributed by atoms with Crippen molar-refractivity contribution in [1.82, 2.24) is 5.32 Å². The number of hydrogen-bond donors (Lipinski definition) is 2. The molecule has 2 aromatic carbocycles. The number of benzene rings is 2. The van der Waals surface area contributed by atoms with Crippen molar-refractivity contribution >= 4 is 43.7 Å². The Morgan fingerprint density at radius 3 is 2.10 bits per heavy atom. The maximum Gasteiger partial charge on any atom is 0.253 e. The number of carbonyl (C=O) groups is 2. The summed E-state index contributed by atoms with van der Waals surface area (Å²) in [6.07, 6.45) is 0. The van der Waals surface area contributed by atoms with E-state index in [1.165, 1.54) is 0 Å². The molecule has 0 radical (unpaired) electrons. The summed E-state index contributed by atoms with van der Waals surface area (Å²) in [5.41, 5.74) is 6.47. The number of amides is 2. The fourth-order valence-corrected chi connectivity index (χ4v) is 2.84. The standard InChI is InChI=1S/C15H12Br2N2O2/c16-11-7-3-1-5-9(11)13(14(18)20)19-15(21)10-6-2-4-8-12(10)17/h1-8,13H,(H2,18,20)(H,19,21). The van der Waals surface area contributed by atoms with E-state index >= 15 is 0 Å². The van der Waals surface area contributed by atoms with Gasteiger partial charge in [-0.15, -0.1) is 0 Å². The number of nitrogens with one attached hydrogen (secondary N) is 1. The van der Waals surface area contributed by atoms with Gasteiger partial charge in [0.25, 0.3) is 5.91 Å².